The van der Waals surface area contributed by atoms with Crippen LogP contribution in [0, 0.1) is 0 Å². The summed E-state index contributed by atoms with van der Waals surface area (Å²) in [7, 11) is 0. The highest BCUT2D eigenvalue weighted by atomic mass is 32.1. The van der Waals surface area contributed by atoms with E-state index in [2.05, 4.69) is 25.6 Å². The van der Waals surface area contributed by atoms with Gasteiger partial charge in [-0.1, -0.05) is 60.7 Å². The Hall–Kier alpha value is -5.07. The van der Waals surface area contributed by atoms with Crippen molar-refractivity contribution in [1.29, 1.82) is 0 Å². The first-order chi connectivity index (χ1) is 21.8. The molecule has 0 spiro atoms. The maximum atomic E-state index is 13.8. The number of hydrogen-bond donors (Lipinski definition) is 6. The zero-order valence-electron chi connectivity index (χ0n) is 24.6. The van der Waals surface area contributed by atoms with E-state index in [9.17, 15) is 14.4 Å². The number of carbonyl (C=O) groups is 3. The molecule has 2 heterocycles. The van der Waals surface area contributed by atoms with Crippen LogP contribution in [0.2, 0.25) is 0 Å². The number of nitrogens with zero attached hydrogens (tertiary/aromatic N) is 2. The zero-order valence-corrected chi connectivity index (χ0v) is 25.4. The van der Waals surface area contributed by atoms with Crippen LogP contribution in [-0.2, 0) is 22.4 Å². The maximum absolute atomic E-state index is 13.8. The van der Waals surface area contributed by atoms with Crippen molar-refractivity contribution >= 4 is 56.0 Å². The van der Waals surface area contributed by atoms with Gasteiger partial charge in [0.15, 0.2) is 11.0 Å². The van der Waals surface area contributed by atoms with Crippen LogP contribution in [-0.4, -0.2) is 58.2 Å². The first-order valence-corrected chi connectivity index (χ1v) is 15.5. The van der Waals surface area contributed by atoms with Gasteiger partial charge in [-0.3, -0.25) is 19.4 Å². The zero-order chi connectivity index (χ0) is 31.8. The topological polar surface area (TPSA) is 194 Å². The van der Waals surface area contributed by atoms with E-state index in [1.807, 2.05) is 85.1 Å². The Bertz CT molecular complexity index is 1780. The Kier molecular flexibility index (Phi) is 10.2. The van der Waals surface area contributed by atoms with Gasteiger partial charge in [-0.15, -0.1) is 11.3 Å². The molecule has 0 saturated carbocycles. The Labute approximate surface area is 264 Å². The predicted molar refractivity (Wildman–Crippen MR) is 178 cm³/mol. The molecule has 0 aliphatic heterocycles. The monoisotopic (exact) mass is 624 g/mol. The van der Waals surface area contributed by atoms with Gasteiger partial charge < -0.3 is 32.8 Å². The lowest BCUT2D eigenvalue weighted by atomic mass is 10.0. The molecule has 9 N–H and O–H groups in total. The van der Waals surface area contributed by atoms with E-state index in [4.69, 9.17) is 17.2 Å². The summed E-state index contributed by atoms with van der Waals surface area (Å²) in [6, 6.07) is 21.8. The summed E-state index contributed by atoms with van der Waals surface area (Å²) in [5.41, 5.74) is 20.7. The third-order valence-electron chi connectivity index (χ3n) is 7.45. The third-order valence-corrected chi connectivity index (χ3v) is 8.50. The van der Waals surface area contributed by atoms with Crippen molar-refractivity contribution < 1.29 is 14.4 Å². The van der Waals surface area contributed by atoms with Crippen molar-refractivity contribution in [2.75, 3.05) is 6.54 Å². The molecule has 2 amide bonds. The quantitative estimate of drug-likeness (QED) is 0.0473. The molecule has 0 saturated heterocycles. The minimum Gasteiger partial charge on any atom is -0.370 e. The number of carbonyl (C=O) groups excluding carboxylic acids is 3. The summed E-state index contributed by atoms with van der Waals surface area (Å²) >= 11 is 1.26. The fourth-order valence-corrected chi connectivity index (χ4v) is 6.10. The number of para-hydroxylation sites is 2. The number of amides is 2. The van der Waals surface area contributed by atoms with Crippen LogP contribution in [0.1, 0.15) is 33.8 Å². The first kappa shape index (κ1) is 31.4. The number of fused-ring (bicyclic) bond motifs is 2. The normalized spacial score (nSPS) is 13.2. The molecule has 0 fully saturated rings. The number of thiazole rings is 1. The molecule has 0 aliphatic rings. The molecule has 45 heavy (non-hydrogen) atoms. The number of Topliss-reactive ketones (excluding diaryl/α,β-unsaturated/α-hetero) is 1. The van der Waals surface area contributed by atoms with Crippen molar-refractivity contribution in [3.8, 4) is 0 Å². The largest absolute Gasteiger partial charge is 0.370 e. The number of nitrogens with one attached hydrogen (secondary N) is 3. The first-order valence-electron chi connectivity index (χ1n) is 14.7. The second kappa shape index (κ2) is 14.6. The Morgan fingerprint density at radius 2 is 1.58 bits per heavy atom. The minimum atomic E-state index is -0.989. The summed E-state index contributed by atoms with van der Waals surface area (Å²) in [6.07, 6.45) is 3.02. The van der Waals surface area contributed by atoms with E-state index in [-0.39, 0.29) is 42.6 Å². The molecule has 5 aromatic rings. The van der Waals surface area contributed by atoms with Crippen LogP contribution in [0.25, 0.3) is 21.1 Å². The van der Waals surface area contributed by atoms with Crippen LogP contribution in [0.5, 0.6) is 0 Å². The van der Waals surface area contributed by atoms with Crippen molar-refractivity contribution in [2.45, 2.75) is 43.8 Å². The van der Waals surface area contributed by atoms with Crippen LogP contribution < -0.4 is 27.8 Å². The van der Waals surface area contributed by atoms with Gasteiger partial charge in [0.2, 0.25) is 17.6 Å². The SMILES string of the molecule is NC(N)=NCCC[C@H](NC(=O)[C@H](Cc1ccccc1)NC(=O)[C@H](N)Cc1c[nH]c2ccccc12)C(=O)c1nc2ccccc2s1. The number of aliphatic imine (C=N–C) groups is 1. The lowest BCUT2D eigenvalue weighted by Crippen LogP contribution is -2.55. The number of ketones is 1. The maximum Gasteiger partial charge on any atom is 0.243 e. The van der Waals surface area contributed by atoms with E-state index in [1.165, 1.54) is 11.3 Å². The van der Waals surface area contributed by atoms with Crippen molar-refractivity contribution in [3.05, 3.63) is 101 Å². The predicted octanol–water partition coefficient (Wildman–Crippen LogP) is 2.80. The number of nitrogens with two attached hydrogens (primary N) is 3. The van der Waals surface area contributed by atoms with E-state index in [0.29, 0.717) is 11.9 Å². The Morgan fingerprint density at radius 1 is 0.867 bits per heavy atom. The van der Waals surface area contributed by atoms with Gasteiger partial charge in [0.1, 0.15) is 6.04 Å². The molecule has 3 atom stereocenters. The van der Waals surface area contributed by atoms with E-state index < -0.39 is 29.9 Å². The van der Waals surface area contributed by atoms with Gasteiger partial charge in [-0.05, 0) is 48.6 Å². The lowest BCUT2D eigenvalue weighted by Gasteiger charge is -2.24. The van der Waals surface area contributed by atoms with Crippen molar-refractivity contribution in [3.63, 3.8) is 0 Å². The average molecular weight is 625 g/mol. The van der Waals surface area contributed by atoms with Crippen LogP contribution in [0.3, 0.4) is 0 Å². The molecule has 0 aliphatic carbocycles. The smallest absolute Gasteiger partial charge is 0.243 e. The van der Waals surface area contributed by atoms with E-state index in [1.54, 1.807) is 0 Å². The van der Waals surface area contributed by atoms with Gasteiger partial charge >= 0.3 is 0 Å². The fourth-order valence-electron chi connectivity index (χ4n) is 5.14. The number of hydrogen-bond acceptors (Lipinski definition) is 7. The highest BCUT2D eigenvalue weighted by Gasteiger charge is 2.30. The van der Waals surface area contributed by atoms with Crippen LogP contribution in [0.4, 0.5) is 0 Å². The molecular weight excluding hydrogens is 588 g/mol. The second-order valence-corrected chi connectivity index (χ2v) is 11.8. The van der Waals surface area contributed by atoms with Gasteiger partial charge in [0.05, 0.1) is 22.3 Å². The lowest BCUT2D eigenvalue weighted by molar-refractivity contribution is -0.129. The summed E-state index contributed by atoms with van der Waals surface area (Å²) in [4.78, 5) is 52.6. The number of aromatic amines is 1. The highest BCUT2D eigenvalue weighted by molar-refractivity contribution is 7.20. The van der Waals surface area contributed by atoms with Crippen LogP contribution >= 0.6 is 11.3 Å². The van der Waals surface area contributed by atoms with Gasteiger partial charge in [0, 0.05) is 30.1 Å². The second-order valence-electron chi connectivity index (χ2n) is 10.8. The third kappa shape index (κ3) is 8.11. The molecule has 0 bridgehead atoms. The number of rotatable bonds is 14. The molecule has 232 valence electrons. The molecule has 2 aromatic heterocycles. The van der Waals surface area contributed by atoms with Crippen LogP contribution in [0.15, 0.2) is 90.1 Å². The fraction of sp³-hybridized carbons (Fsp3) is 0.242. The number of guanidine groups is 1. The Balaban J connectivity index is 1.34. The van der Waals surface area contributed by atoms with Gasteiger partial charge in [-0.2, -0.15) is 0 Å². The average Bonchev–Trinajstić information content (AvgIpc) is 3.66. The van der Waals surface area contributed by atoms with E-state index in [0.717, 1.165) is 26.7 Å². The number of H-pyrrole nitrogens is 1. The summed E-state index contributed by atoms with van der Waals surface area (Å²) in [5.74, 6) is -1.36. The number of aromatic nitrogens is 2. The van der Waals surface area contributed by atoms with E-state index >= 15 is 0 Å². The summed E-state index contributed by atoms with van der Waals surface area (Å²) < 4.78 is 0.866. The molecule has 5 rings (SSSR count). The molecule has 0 radical (unpaired) electrons. The molecule has 11 nitrogen and oxygen atoms in total. The standard InChI is InChI=1S/C33H36N8O3S/c34-23(18-21-19-38-24-12-5-4-11-22(21)24)30(43)40-27(17-20-9-2-1-3-10-20)31(44)39-26(14-8-16-37-33(35)36)29(42)32-41-25-13-6-7-15-28(25)45-32/h1-7,9-13,15,19,23,26-27,38H,8,14,16-18,34H2,(H,39,44)(H,40,43)(H4,35,36,37)/t23-,26+,27+/m1/s1. The molecule has 12 heteroatoms. The molecule has 0 unspecified atom stereocenters. The molecule has 3 aromatic carbocycles. The number of benzene rings is 3. The minimum absolute atomic E-state index is 0.0531. The summed E-state index contributed by atoms with van der Waals surface area (Å²) in [6.45, 7) is 0.286. The van der Waals surface area contributed by atoms with Crippen molar-refractivity contribution in [1.82, 2.24) is 20.6 Å². The van der Waals surface area contributed by atoms with Gasteiger partial charge in [-0.25, -0.2) is 4.98 Å². The van der Waals surface area contributed by atoms with Gasteiger partial charge in [0.25, 0.3) is 0 Å². The highest BCUT2D eigenvalue weighted by Crippen LogP contribution is 2.24. The van der Waals surface area contributed by atoms with Crippen molar-refractivity contribution in [2.24, 2.45) is 22.2 Å². The summed E-state index contributed by atoms with van der Waals surface area (Å²) in [5, 5.41) is 7.00. The Morgan fingerprint density at radius 3 is 2.36 bits per heavy atom. The molecular formula is C33H36N8O3S.